The molecule has 26 heavy (non-hydrogen) atoms. The predicted octanol–water partition coefficient (Wildman–Crippen LogP) is 3.01. The number of piperazine rings is 1. The summed E-state index contributed by atoms with van der Waals surface area (Å²) in [6.45, 7) is 3.96. The second kappa shape index (κ2) is 8.23. The van der Waals surface area contributed by atoms with Crippen LogP contribution in [0.25, 0.3) is 0 Å². The van der Waals surface area contributed by atoms with Crippen LogP contribution in [0.3, 0.4) is 0 Å². The molecule has 6 heteroatoms. The van der Waals surface area contributed by atoms with Gasteiger partial charge >= 0.3 is 0 Å². The summed E-state index contributed by atoms with van der Waals surface area (Å²) in [5.41, 5.74) is 1.57. The number of carbonyl (C=O) groups is 2. The van der Waals surface area contributed by atoms with Crippen molar-refractivity contribution in [1.82, 2.24) is 9.80 Å². The van der Waals surface area contributed by atoms with Gasteiger partial charge in [0.15, 0.2) is 6.61 Å². The summed E-state index contributed by atoms with van der Waals surface area (Å²) in [6.07, 6.45) is 0. The minimum Gasteiger partial charge on any atom is -0.484 e. The number of hydrogen-bond donors (Lipinski definition) is 0. The molecule has 0 aliphatic carbocycles. The number of halogens is 1. The first kappa shape index (κ1) is 18.3. The first-order valence-corrected chi connectivity index (χ1v) is 8.93. The highest BCUT2D eigenvalue weighted by molar-refractivity contribution is 6.30. The van der Waals surface area contributed by atoms with Crippen molar-refractivity contribution in [2.45, 2.75) is 6.92 Å². The van der Waals surface area contributed by atoms with E-state index in [1.54, 1.807) is 34.1 Å². The van der Waals surface area contributed by atoms with E-state index in [1.807, 2.05) is 31.2 Å². The van der Waals surface area contributed by atoms with E-state index in [0.717, 1.165) is 11.3 Å². The molecule has 0 radical (unpaired) electrons. The molecule has 0 spiro atoms. The second-order valence-electron chi connectivity index (χ2n) is 6.24. The Morgan fingerprint density at radius 3 is 2.38 bits per heavy atom. The van der Waals surface area contributed by atoms with Gasteiger partial charge in [0.05, 0.1) is 0 Å². The molecule has 0 saturated carbocycles. The van der Waals surface area contributed by atoms with Crippen molar-refractivity contribution in [1.29, 1.82) is 0 Å². The van der Waals surface area contributed by atoms with E-state index in [4.69, 9.17) is 16.3 Å². The maximum Gasteiger partial charge on any atom is 0.260 e. The van der Waals surface area contributed by atoms with E-state index < -0.39 is 0 Å². The van der Waals surface area contributed by atoms with Crippen molar-refractivity contribution in [3.8, 4) is 5.75 Å². The minimum absolute atomic E-state index is 0.00704. The van der Waals surface area contributed by atoms with Crippen molar-refractivity contribution < 1.29 is 14.3 Å². The Kier molecular flexibility index (Phi) is 5.78. The summed E-state index contributed by atoms with van der Waals surface area (Å²) in [7, 11) is 0. The number of nitrogens with zero attached hydrogens (tertiary/aromatic N) is 2. The van der Waals surface area contributed by atoms with Gasteiger partial charge in [-0.1, -0.05) is 35.9 Å². The zero-order valence-electron chi connectivity index (χ0n) is 14.7. The summed E-state index contributed by atoms with van der Waals surface area (Å²) in [5.74, 6) is 0.592. The molecule has 0 N–H and O–H groups in total. The number of hydrogen-bond acceptors (Lipinski definition) is 3. The molecule has 0 atom stereocenters. The van der Waals surface area contributed by atoms with Crippen molar-refractivity contribution in [3.05, 3.63) is 64.7 Å². The quantitative estimate of drug-likeness (QED) is 0.829. The van der Waals surface area contributed by atoms with Crippen molar-refractivity contribution in [3.63, 3.8) is 0 Å². The molecular formula is C20H21ClN2O3. The predicted molar refractivity (Wildman–Crippen MR) is 101 cm³/mol. The lowest BCUT2D eigenvalue weighted by Crippen LogP contribution is -2.51. The van der Waals surface area contributed by atoms with E-state index in [1.165, 1.54) is 0 Å². The molecule has 1 saturated heterocycles. The van der Waals surface area contributed by atoms with E-state index >= 15 is 0 Å². The molecule has 3 rings (SSSR count). The van der Waals surface area contributed by atoms with Gasteiger partial charge in [0.2, 0.25) is 0 Å². The number of rotatable bonds is 4. The van der Waals surface area contributed by atoms with Gasteiger partial charge in [-0.25, -0.2) is 0 Å². The fraction of sp³-hybridized carbons (Fsp3) is 0.300. The maximum atomic E-state index is 12.5. The van der Waals surface area contributed by atoms with Crippen LogP contribution in [0.2, 0.25) is 5.02 Å². The van der Waals surface area contributed by atoms with Gasteiger partial charge in [-0.15, -0.1) is 0 Å². The lowest BCUT2D eigenvalue weighted by molar-refractivity contribution is -0.134. The molecule has 2 amide bonds. The number of aryl methyl sites for hydroxylation is 1. The molecule has 2 aromatic rings. The van der Waals surface area contributed by atoms with Gasteiger partial charge in [-0.05, 0) is 36.8 Å². The van der Waals surface area contributed by atoms with Crippen molar-refractivity contribution in [2.24, 2.45) is 0 Å². The summed E-state index contributed by atoms with van der Waals surface area (Å²) in [5, 5.41) is 0.540. The monoisotopic (exact) mass is 372 g/mol. The summed E-state index contributed by atoms with van der Waals surface area (Å²) < 4.78 is 5.62. The van der Waals surface area contributed by atoms with Gasteiger partial charge < -0.3 is 14.5 Å². The highest BCUT2D eigenvalue weighted by atomic mass is 35.5. The van der Waals surface area contributed by atoms with E-state index in [0.29, 0.717) is 36.8 Å². The van der Waals surface area contributed by atoms with Crippen molar-refractivity contribution in [2.75, 3.05) is 32.8 Å². The normalized spacial score (nSPS) is 14.2. The number of benzene rings is 2. The zero-order valence-corrected chi connectivity index (χ0v) is 15.4. The second-order valence-corrected chi connectivity index (χ2v) is 6.67. The lowest BCUT2D eigenvalue weighted by Gasteiger charge is -2.34. The summed E-state index contributed by atoms with van der Waals surface area (Å²) in [4.78, 5) is 28.4. The first-order chi connectivity index (χ1) is 12.5. The fourth-order valence-corrected chi connectivity index (χ4v) is 3.10. The van der Waals surface area contributed by atoms with Crippen LogP contribution in [-0.2, 0) is 4.79 Å². The van der Waals surface area contributed by atoms with Crippen LogP contribution in [0, 0.1) is 6.92 Å². The Labute approximate surface area is 158 Å². The Balaban J connectivity index is 1.51. The summed E-state index contributed by atoms with van der Waals surface area (Å²) >= 11 is 5.95. The molecule has 1 aliphatic rings. The molecule has 5 nitrogen and oxygen atoms in total. The van der Waals surface area contributed by atoms with Gasteiger partial charge in [0, 0.05) is 36.8 Å². The molecule has 1 heterocycles. The van der Waals surface area contributed by atoms with Gasteiger partial charge in [0.1, 0.15) is 5.75 Å². The average Bonchev–Trinajstić information content (AvgIpc) is 2.66. The topological polar surface area (TPSA) is 49.9 Å². The number of ether oxygens (including phenoxy) is 1. The van der Waals surface area contributed by atoms with E-state index in [-0.39, 0.29) is 18.4 Å². The molecule has 0 unspecified atom stereocenters. The maximum absolute atomic E-state index is 12.5. The smallest absolute Gasteiger partial charge is 0.260 e. The van der Waals surface area contributed by atoms with Crippen molar-refractivity contribution >= 4 is 23.4 Å². The molecule has 0 bridgehead atoms. The van der Waals surface area contributed by atoms with Crippen LogP contribution in [0.5, 0.6) is 5.75 Å². The van der Waals surface area contributed by atoms with Gasteiger partial charge in [-0.2, -0.15) is 0 Å². The van der Waals surface area contributed by atoms with Crippen LogP contribution in [0.1, 0.15) is 15.9 Å². The summed E-state index contributed by atoms with van der Waals surface area (Å²) in [6, 6.07) is 14.5. The van der Waals surface area contributed by atoms with Crippen LogP contribution >= 0.6 is 11.6 Å². The number of carbonyl (C=O) groups excluding carboxylic acids is 2. The van der Waals surface area contributed by atoms with Gasteiger partial charge in [-0.3, -0.25) is 9.59 Å². The third-order valence-corrected chi connectivity index (χ3v) is 4.67. The average molecular weight is 373 g/mol. The molecule has 1 aliphatic heterocycles. The fourth-order valence-electron chi connectivity index (χ4n) is 2.91. The Hall–Kier alpha value is -2.53. The Bertz CT molecular complexity index is 801. The number of para-hydroxylation sites is 1. The van der Waals surface area contributed by atoms with Crippen LogP contribution in [0.4, 0.5) is 0 Å². The number of amides is 2. The zero-order chi connectivity index (χ0) is 18.5. The standard InChI is InChI=1S/C20H21ClN2O3/c1-15-5-2-3-8-18(15)26-14-19(24)22-9-11-23(12-10-22)20(25)16-6-4-7-17(21)13-16/h2-8,13H,9-12,14H2,1H3. The van der Waals surface area contributed by atoms with Crippen LogP contribution in [0.15, 0.2) is 48.5 Å². The molecule has 2 aromatic carbocycles. The lowest BCUT2D eigenvalue weighted by atomic mass is 10.2. The molecule has 136 valence electrons. The Morgan fingerprint density at radius 1 is 1.00 bits per heavy atom. The largest absolute Gasteiger partial charge is 0.484 e. The van der Waals surface area contributed by atoms with Crippen LogP contribution in [-0.4, -0.2) is 54.4 Å². The SMILES string of the molecule is Cc1ccccc1OCC(=O)N1CCN(C(=O)c2cccc(Cl)c2)CC1. The van der Waals surface area contributed by atoms with E-state index in [9.17, 15) is 9.59 Å². The first-order valence-electron chi connectivity index (χ1n) is 8.55. The molecular weight excluding hydrogens is 352 g/mol. The highest BCUT2D eigenvalue weighted by Crippen LogP contribution is 2.17. The molecule has 0 aromatic heterocycles. The Morgan fingerprint density at radius 2 is 1.69 bits per heavy atom. The van der Waals surface area contributed by atoms with E-state index in [2.05, 4.69) is 0 Å². The third-order valence-electron chi connectivity index (χ3n) is 4.44. The van der Waals surface area contributed by atoms with Gasteiger partial charge in [0.25, 0.3) is 11.8 Å². The molecule has 1 fully saturated rings. The highest BCUT2D eigenvalue weighted by Gasteiger charge is 2.25. The minimum atomic E-state index is -0.0666. The third kappa shape index (κ3) is 4.35. The van der Waals surface area contributed by atoms with Crippen LogP contribution < -0.4 is 4.74 Å².